The minimum absolute atomic E-state index is 0.0950. The quantitative estimate of drug-likeness (QED) is 0.517. The Bertz CT molecular complexity index is 1250. The molecule has 0 aliphatic carbocycles. The molecule has 7 nitrogen and oxygen atoms in total. The van der Waals surface area contributed by atoms with Gasteiger partial charge in [0, 0.05) is 37.1 Å². The first-order chi connectivity index (χ1) is 14.6. The second-order valence-electron chi connectivity index (χ2n) is 7.84. The molecule has 1 fully saturated rings. The Morgan fingerprint density at radius 2 is 1.80 bits per heavy atom. The van der Waals surface area contributed by atoms with Crippen LogP contribution in [0, 0.1) is 13.8 Å². The fourth-order valence-corrected chi connectivity index (χ4v) is 4.19. The molecule has 1 amide bonds. The molecule has 4 aromatic rings. The van der Waals surface area contributed by atoms with Crippen LogP contribution in [0.1, 0.15) is 28.2 Å². The van der Waals surface area contributed by atoms with E-state index in [4.69, 9.17) is 4.98 Å². The molecule has 1 aliphatic heterocycles. The van der Waals surface area contributed by atoms with Crippen molar-refractivity contribution in [1.82, 2.24) is 24.5 Å². The van der Waals surface area contributed by atoms with Crippen molar-refractivity contribution in [2.45, 2.75) is 20.3 Å². The van der Waals surface area contributed by atoms with Gasteiger partial charge in [-0.2, -0.15) is 0 Å². The maximum absolute atomic E-state index is 13.0. The van der Waals surface area contributed by atoms with E-state index in [1.807, 2.05) is 71.7 Å². The van der Waals surface area contributed by atoms with Crippen LogP contribution in [-0.4, -0.2) is 56.6 Å². The van der Waals surface area contributed by atoms with Crippen molar-refractivity contribution in [2.24, 2.45) is 0 Å². The highest BCUT2D eigenvalue weighted by atomic mass is 16.2. The molecule has 0 radical (unpaired) electrons. The molecule has 2 aromatic heterocycles. The Morgan fingerprint density at radius 3 is 2.67 bits per heavy atom. The number of amides is 1. The third-order valence-corrected chi connectivity index (χ3v) is 5.72. The topological polar surface area (TPSA) is 66.6 Å². The molecule has 2 aromatic carbocycles. The standard InChI is InChI=1S/C23H24N6O/c1-16-7-5-8-18(15-16)22(30)27-11-6-12-28(14-13-27)23-24-20-10-4-3-9-19(20)21-26-25-17(2)29(21)23/h3-5,7-10,15H,6,11-14H2,1-2H3. The molecule has 30 heavy (non-hydrogen) atoms. The van der Waals surface area contributed by atoms with E-state index in [2.05, 4.69) is 15.1 Å². The number of nitrogens with zero attached hydrogens (tertiary/aromatic N) is 6. The number of rotatable bonds is 2. The molecule has 0 unspecified atom stereocenters. The molecule has 0 N–H and O–H groups in total. The molecule has 152 valence electrons. The monoisotopic (exact) mass is 400 g/mol. The van der Waals surface area contributed by atoms with Gasteiger partial charge in [0.15, 0.2) is 5.65 Å². The van der Waals surface area contributed by atoms with E-state index in [0.717, 1.165) is 65.5 Å². The van der Waals surface area contributed by atoms with Gasteiger partial charge in [-0.15, -0.1) is 10.2 Å². The van der Waals surface area contributed by atoms with Gasteiger partial charge in [-0.1, -0.05) is 29.8 Å². The molecule has 0 bridgehead atoms. The van der Waals surface area contributed by atoms with Crippen LogP contribution < -0.4 is 4.90 Å². The highest BCUT2D eigenvalue weighted by Gasteiger charge is 2.24. The average molecular weight is 400 g/mol. The predicted molar refractivity (Wildman–Crippen MR) is 117 cm³/mol. The van der Waals surface area contributed by atoms with Crippen LogP contribution >= 0.6 is 0 Å². The molecule has 3 heterocycles. The van der Waals surface area contributed by atoms with E-state index >= 15 is 0 Å². The summed E-state index contributed by atoms with van der Waals surface area (Å²) in [6.07, 6.45) is 0.884. The number of carbonyl (C=O) groups excluding carboxylic acids is 1. The zero-order valence-corrected chi connectivity index (χ0v) is 17.2. The van der Waals surface area contributed by atoms with Crippen molar-refractivity contribution in [3.8, 4) is 0 Å². The lowest BCUT2D eigenvalue weighted by Gasteiger charge is -2.24. The van der Waals surface area contributed by atoms with Crippen molar-refractivity contribution in [3.63, 3.8) is 0 Å². The Labute approximate surface area is 175 Å². The number of para-hydroxylation sites is 1. The van der Waals surface area contributed by atoms with E-state index in [0.29, 0.717) is 6.54 Å². The Kier molecular flexibility index (Phi) is 4.58. The van der Waals surface area contributed by atoms with Crippen LogP contribution in [0.4, 0.5) is 5.95 Å². The summed E-state index contributed by atoms with van der Waals surface area (Å²) in [6, 6.07) is 15.8. The van der Waals surface area contributed by atoms with E-state index in [1.54, 1.807) is 0 Å². The van der Waals surface area contributed by atoms with Crippen LogP contribution in [0.3, 0.4) is 0 Å². The van der Waals surface area contributed by atoms with Gasteiger partial charge in [0.05, 0.1) is 5.52 Å². The number of hydrogen-bond donors (Lipinski definition) is 0. The summed E-state index contributed by atoms with van der Waals surface area (Å²) >= 11 is 0. The molecule has 1 saturated heterocycles. The number of aromatic nitrogens is 4. The summed E-state index contributed by atoms with van der Waals surface area (Å²) in [6.45, 7) is 6.90. The van der Waals surface area contributed by atoms with Crippen molar-refractivity contribution < 1.29 is 4.79 Å². The van der Waals surface area contributed by atoms with Crippen molar-refractivity contribution in [3.05, 3.63) is 65.5 Å². The zero-order valence-electron chi connectivity index (χ0n) is 17.2. The van der Waals surface area contributed by atoms with Crippen LogP contribution in [0.15, 0.2) is 48.5 Å². The van der Waals surface area contributed by atoms with Crippen molar-refractivity contribution in [1.29, 1.82) is 0 Å². The third-order valence-electron chi connectivity index (χ3n) is 5.72. The number of benzene rings is 2. The van der Waals surface area contributed by atoms with E-state index in [1.165, 1.54) is 0 Å². The molecule has 0 atom stereocenters. The first kappa shape index (κ1) is 18.5. The number of fused-ring (bicyclic) bond motifs is 3. The predicted octanol–water partition coefficient (Wildman–Crippen LogP) is 3.25. The normalized spacial score (nSPS) is 15.0. The summed E-state index contributed by atoms with van der Waals surface area (Å²) in [5, 5.41) is 9.69. The largest absolute Gasteiger partial charge is 0.340 e. The first-order valence-corrected chi connectivity index (χ1v) is 10.3. The Morgan fingerprint density at radius 1 is 0.933 bits per heavy atom. The summed E-state index contributed by atoms with van der Waals surface area (Å²) in [7, 11) is 0. The summed E-state index contributed by atoms with van der Waals surface area (Å²) in [4.78, 5) is 22.2. The van der Waals surface area contributed by atoms with Gasteiger partial charge < -0.3 is 9.80 Å². The third kappa shape index (κ3) is 3.16. The SMILES string of the molecule is Cc1cccc(C(=O)N2CCCN(c3nc4ccccc4c4nnc(C)n34)CC2)c1. The van der Waals surface area contributed by atoms with Crippen LogP contribution in [0.2, 0.25) is 0 Å². The Hall–Kier alpha value is -3.48. The van der Waals surface area contributed by atoms with Gasteiger partial charge >= 0.3 is 0 Å². The van der Waals surface area contributed by atoms with Crippen molar-refractivity contribution >= 4 is 28.4 Å². The molecular formula is C23H24N6O. The lowest BCUT2D eigenvalue weighted by atomic mass is 10.1. The van der Waals surface area contributed by atoms with Crippen LogP contribution in [0.5, 0.6) is 0 Å². The maximum atomic E-state index is 13.0. The highest BCUT2D eigenvalue weighted by Crippen LogP contribution is 2.25. The number of hydrogen-bond acceptors (Lipinski definition) is 5. The lowest BCUT2D eigenvalue weighted by Crippen LogP contribution is -2.36. The number of carbonyl (C=O) groups is 1. The van der Waals surface area contributed by atoms with Gasteiger partial charge in [-0.3, -0.25) is 4.79 Å². The molecule has 1 aliphatic rings. The van der Waals surface area contributed by atoms with Crippen LogP contribution in [0.25, 0.3) is 16.6 Å². The first-order valence-electron chi connectivity index (χ1n) is 10.3. The summed E-state index contributed by atoms with van der Waals surface area (Å²) in [5.74, 6) is 1.75. The minimum Gasteiger partial charge on any atom is -0.340 e. The molecule has 0 spiro atoms. The number of aryl methyl sites for hydroxylation is 2. The van der Waals surface area contributed by atoms with Crippen molar-refractivity contribution in [2.75, 3.05) is 31.1 Å². The second kappa shape index (κ2) is 7.40. The smallest absolute Gasteiger partial charge is 0.253 e. The van der Waals surface area contributed by atoms with E-state index in [-0.39, 0.29) is 5.91 Å². The van der Waals surface area contributed by atoms with Crippen LogP contribution in [-0.2, 0) is 0 Å². The summed E-state index contributed by atoms with van der Waals surface area (Å²) < 4.78 is 2.03. The second-order valence-corrected chi connectivity index (χ2v) is 7.84. The lowest BCUT2D eigenvalue weighted by molar-refractivity contribution is 0.0767. The average Bonchev–Trinajstić information content (AvgIpc) is 2.99. The van der Waals surface area contributed by atoms with Gasteiger partial charge in [0.1, 0.15) is 5.82 Å². The summed E-state index contributed by atoms with van der Waals surface area (Å²) in [5.41, 5.74) is 3.59. The molecule has 5 rings (SSSR count). The van der Waals surface area contributed by atoms with Gasteiger partial charge in [0.25, 0.3) is 5.91 Å². The molecule has 0 saturated carbocycles. The van der Waals surface area contributed by atoms with E-state index in [9.17, 15) is 4.79 Å². The number of anilines is 1. The van der Waals surface area contributed by atoms with E-state index < -0.39 is 0 Å². The molecule has 7 heteroatoms. The Balaban J connectivity index is 1.46. The molecular weight excluding hydrogens is 376 g/mol. The van der Waals surface area contributed by atoms with Gasteiger partial charge in [-0.05, 0) is 44.5 Å². The highest BCUT2D eigenvalue weighted by molar-refractivity contribution is 5.94. The fourth-order valence-electron chi connectivity index (χ4n) is 4.19. The minimum atomic E-state index is 0.0950. The fraction of sp³-hybridized carbons (Fsp3) is 0.304. The maximum Gasteiger partial charge on any atom is 0.253 e. The van der Waals surface area contributed by atoms with Gasteiger partial charge in [0.2, 0.25) is 5.95 Å². The zero-order chi connectivity index (χ0) is 20.7. The van der Waals surface area contributed by atoms with Gasteiger partial charge in [-0.25, -0.2) is 9.38 Å².